The molecular formula is C20H37N5OS. The number of aryl methyl sites for hydroxylation is 2. The second-order valence-electron chi connectivity index (χ2n) is 7.11. The number of rotatable bonds is 9. The van der Waals surface area contributed by atoms with Gasteiger partial charge in [0.05, 0.1) is 30.5 Å². The van der Waals surface area contributed by atoms with E-state index < -0.39 is 0 Å². The Labute approximate surface area is 168 Å². The van der Waals surface area contributed by atoms with Gasteiger partial charge in [0.1, 0.15) is 0 Å². The zero-order valence-electron chi connectivity index (χ0n) is 17.7. The quantitative estimate of drug-likeness (QED) is 0.497. The molecule has 2 rings (SSSR count). The number of morpholine rings is 1. The number of ether oxygens (including phenoxy) is 1. The van der Waals surface area contributed by atoms with Gasteiger partial charge in [-0.15, -0.1) is 11.3 Å². The van der Waals surface area contributed by atoms with Crippen LogP contribution < -0.4 is 10.6 Å². The minimum atomic E-state index is 0.514. The van der Waals surface area contributed by atoms with Gasteiger partial charge in [-0.25, -0.2) is 9.98 Å². The van der Waals surface area contributed by atoms with Gasteiger partial charge in [0.25, 0.3) is 0 Å². The number of thiazole rings is 1. The van der Waals surface area contributed by atoms with Crippen LogP contribution in [0.2, 0.25) is 0 Å². The van der Waals surface area contributed by atoms with Gasteiger partial charge in [-0.3, -0.25) is 4.90 Å². The van der Waals surface area contributed by atoms with Crippen LogP contribution in [0.15, 0.2) is 4.99 Å². The third-order valence-corrected chi connectivity index (χ3v) is 6.37. The van der Waals surface area contributed by atoms with Crippen molar-refractivity contribution in [2.45, 2.75) is 60.0 Å². The maximum atomic E-state index is 5.56. The predicted molar refractivity (Wildman–Crippen MR) is 115 cm³/mol. The number of hydrogen-bond donors (Lipinski definition) is 2. The first-order valence-electron chi connectivity index (χ1n) is 10.4. The number of hydrogen-bond acceptors (Lipinski definition) is 5. The van der Waals surface area contributed by atoms with E-state index in [1.807, 2.05) is 0 Å². The highest BCUT2D eigenvalue weighted by atomic mass is 32.1. The summed E-state index contributed by atoms with van der Waals surface area (Å²) in [6, 6.07) is 0.514. The van der Waals surface area contributed by atoms with Crippen LogP contribution in [0, 0.1) is 19.8 Å². The molecule has 0 bridgehead atoms. The lowest BCUT2D eigenvalue weighted by Crippen LogP contribution is -2.53. The van der Waals surface area contributed by atoms with Gasteiger partial charge in [0, 0.05) is 37.1 Å². The molecule has 0 aromatic carbocycles. The van der Waals surface area contributed by atoms with E-state index in [2.05, 4.69) is 55.1 Å². The Hall–Kier alpha value is -1.18. The number of aliphatic imine (C=N–C) groups is 1. The fourth-order valence-corrected chi connectivity index (χ4v) is 4.61. The smallest absolute Gasteiger partial charge is 0.191 e. The summed E-state index contributed by atoms with van der Waals surface area (Å²) in [5.74, 6) is 1.58. The van der Waals surface area contributed by atoms with Gasteiger partial charge in [0.2, 0.25) is 0 Å². The summed E-state index contributed by atoms with van der Waals surface area (Å²) in [5, 5.41) is 8.10. The van der Waals surface area contributed by atoms with E-state index in [0.717, 1.165) is 56.1 Å². The van der Waals surface area contributed by atoms with Crippen molar-refractivity contribution in [3.8, 4) is 0 Å². The molecule has 1 saturated heterocycles. The highest BCUT2D eigenvalue weighted by Crippen LogP contribution is 2.20. The maximum absolute atomic E-state index is 5.56. The molecule has 1 fully saturated rings. The number of nitrogens with zero attached hydrogens (tertiary/aromatic N) is 3. The first-order chi connectivity index (χ1) is 13.1. The number of nitrogens with one attached hydrogen (secondary N) is 2. The minimum absolute atomic E-state index is 0.514. The molecule has 1 aromatic heterocycles. The molecule has 27 heavy (non-hydrogen) atoms. The molecule has 0 spiro atoms. The van der Waals surface area contributed by atoms with Crippen molar-refractivity contribution < 1.29 is 4.74 Å². The van der Waals surface area contributed by atoms with Crippen molar-refractivity contribution in [1.29, 1.82) is 0 Å². The summed E-state index contributed by atoms with van der Waals surface area (Å²) in [7, 11) is 0. The second kappa shape index (κ2) is 11.6. The molecule has 2 N–H and O–H groups in total. The van der Waals surface area contributed by atoms with Crippen molar-refractivity contribution in [3.63, 3.8) is 0 Å². The van der Waals surface area contributed by atoms with E-state index in [4.69, 9.17) is 9.73 Å². The Morgan fingerprint density at radius 1 is 1.19 bits per heavy atom. The topological polar surface area (TPSA) is 61.8 Å². The van der Waals surface area contributed by atoms with Crippen LogP contribution in [0.3, 0.4) is 0 Å². The Balaban J connectivity index is 2.03. The van der Waals surface area contributed by atoms with Gasteiger partial charge < -0.3 is 15.4 Å². The van der Waals surface area contributed by atoms with Crippen molar-refractivity contribution in [2.24, 2.45) is 10.9 Å². The molecule has 0 amide bonds. The molecule has 0 aliphatic carbocycles. The van der Waals surface area contributed by atoms with Gasteiger partial charge in [-0.2, -0.15) is 0 Å². The molecule has 1 atom stereocenters. The monoisotopic (exact) mass is 395 g/mol. The molecule has 6 nitrogen and oxygen atoms in total. The Morgan fingerprint density at radius 2 is 1.89 bits per heavy atom. The van der Waals surface area contributed by atoms with Crippen LogP contribution in [0.1, 0.15) is 49.2 Å². The average Bonchev–Trinajstić information content (AvgIpc) is 3.00. The van der Waals surface area contributed by atoms with Gasteiger partial charge in [-0.05, 0) is 26.7 Å². The molecule has 1 aliphatic rings. The Kier molecular flexibility index (Phi) is 9.51. The summed E-state index contributed by atoms with van der Waals surface area (Å²) in [5.41, 5.74) is 1.10. The molecule has 1 unspecified atom stereocenters. The van der Waals surface area contributed by atoms with Crippen molar-refractivity contribution >= 4 is 17.3 Å². The molecular weight excluding hydrogens is 358 g/mol. The van der Waals surface area contributed by atoms with Crippen molar-refractivity contribution in [2.75, 3.05) is 39.4 Å². The summed E-state index contributed by atoms with van der Waals surface area (Å²) in [6.45, 7) is 17.0. The molecule has 1 aliphatic heterocycles. The van der Waals surface area contributed by atoms with E-state index in [1.165, 1.54) is 17.7 Å². The molecule has 154 valence electrons. The lowest BCUT2D eigenvalue weighted by Gasteiger charge is -2.39. The first-order valence-corrected chi connectivity index (χ1v) is 11.2. The molecule has 2 heterocycles. The Morgan fingerprint density at radius 3 is 2.44 bits per heavy atom. The van der Waals surface area contributed by atoms with Gasteiger partial charge >= 0.3 is 0 Å². The van der Waals surface area contributed by atoms with Gasteiger partial charge in [-0.1, -0.05) is 26.7 Å². The summed E-state index contributed by atoms with van der Waals surface area (Å²) >= 11 is 1.74. The van der Waals surface area contributed by atoms with Crippen LogP contribution in [0.5, 0.6) is 0 Å². The van der Waals surface area contributed by atoms with Crippen LogP contribution in [-0.2, 0) is 11.3 Å². The summed E-state index contributed by atoms with van der Waals surface area (Å²) in [4.78, 5) is 13.1. The minimum Gasteiger partial charge on any atom is -0.379 e. The van der Waals surface area contributed by atoms with E-state index in [-0.39, 0.29) is 0 Å². The van der Waals surface area contributed by atoms with Crippen LogP contribution in [0.25, 0.3) is 0 Å². The van der Waals surface area contributed by atoms with Crippen LogP contribution >= 0.6 is 11.3 Å². The fraction of sp³-hybridized carbons (Fsp3) is 0.800. The second-order valence-corrected chi connectivity index (χ2v) is 8.40. The maximum Gasteiger partial charge on any atom is 0.191 e. The zero-order chi connectivity index (χ0) is 19.6. The van der Waals surface area contributed by atoms with Crippen molar-refractivity contribution in [3.05, 3.63) is 15.6 Å². The lowest BCUT2D eigenvalue weighted by atomic mass is 9.92. The zero-order valence-corrected chi connectivity index (χ0v) is 18.5. The van der Waals surface area contributed by atoms with Crippen LogP contribution in [-0.4, -0.2) is 61.3 Å². The summed E-state index contributed by atoms with van der Waals surface area (Å²) < 4.78 is 5.56. The van der Waals surface area contributed by atoms with Crippen LogP contribution in [0.4, 0.5) is 0 Å². The SMILES string of the molecule is CCNC(=NCc1sc(C)nc1C)NCC(C(CC)CC)N1CCOCC1. The third-order valence-electron chi connectivity index (χ3n) is 5.31. The molecule has 0 saturated carbocycles. The largest absolute Gasteiger partial charge is 0.379 e. The van der Waals surface area contributed by atoms with Crippen molar-refractivity contribution in [1.82, 2.24) is 20.5 Å². The average molecular weight is 396 g/mol. The predicted octanol–water partition coefficient (Wildman–Crippen LogP) is 2.95. The van der Waals surface area contributed by atoms with E-state index in [0.29, 0.717) is 18.5 Å². The normalized spacial score (nSPS) is 17.3. The van der Waals surface area contributed by atoms with E-state index >= 15 is 0 Å². The van der Waals surface area contributed by atoms with Gasteiger partial charge in [0.15, 0.2) is 5.96 Å². The highest BCUT2D eigenvalue weighted by Gasteiger charge is 2.27. The molecule has 1 aromatic rings. The van der Waals surface area contributed by atoms with E-state index in [1.54, 1.807) is 11.3 Å². The third kappa shape index (κ3) is 6.73. The lowest BCUT2D eigenvalue weighted by molar-refractivity contribution is 0.00272. The summed E-state index contributed by atoms with van der Waals surface area (Å²) in [6.07, 6.45) is 2.40. The standard InChI is InChI=1S/C20H37N5OS/c1-6-17(7-2)18(25-9-11-26-12-10-25)13-22-20(21-8-3)23-14-19-15(4)24-16(5)27-19/h17-18H,6-14H2,1-5H3,(H2,21,22,23). The Bertz CT molecular complexity index is 579. The molecule has 7 heteroatoms. The first kappa shape index (κ1) is 22.1. The van der Waals surface area contributed by atoms with E-state index in [9.17, 15) is 0 Å². The molecule has 0 radical (unpaired) electrons. The highest BCUT2D eigenvalue weighted by molar-refractivity contribution is 7.11. The number of aromatic nitrogens is 1. The number of guanidine groups is 1. The fourth-order valence-electron chi connectivity index (χ4n) is 3.75.